The van der Waals surface area contributed by atoms with E-state index in [0.29, 0.717) is 5.69 Å². The van der Waals surface area contributed by atoms with Crippen LogP contribution in [0.4, 0.5) is 11.4 Å². The van der Waals surface area contributed by atoms with Crippen molar-refractivity contribution in [2.75, 3.05) is 17.6 Å². The van der Waals surface area contributed by atoms with Gasteiger partial charge in [-0.05, 0) is 24.6 Å². The smallest absolute Gasteiger partial charge is 0.322 e. The van der Waals surface area contributed by atoms with E-state index in [-0.39, 0.29) is 6.54 Å². The summed E-state index contributed by atoms with van der Waals surface area (Å²) in [7, 11) is 0. The topological polar surface area (TPSA) is 75.3 Å². The number of aryl methyl sites for hydroxylation is 1. The molecule has 4 heteroatoms. The lowest BCUT2D eigenvalue weighted by Gasteiger charge is -2.07. The van der Waals surface area contributed by atoms with Crippen molar-refractivity contribution < 1.29 is 9.90 Å². The van der Waals surface area contributed by atoms with Crippen LogP contribution in [0, 0.1) is 6.92 Å². The molecule has 4 nitrogen and oxygen atoms in total. The van der Waals surface area contributed by atoms with Gasteiger partial charge in [-0.2, -0.15) is 0 Å². The summed E-state index contributed by atoms with van der Waals surface area (Å²) in [5.41, 5.74) is 7.92. The molecule has 0 unspecified atom stereocenters. The van der Waals surface area contributed by atoms with Crippen LogP contribution in [0.25, 0.3) is 0 Å². The van der Waals surface area contributed by atoms with Crippen LogP contribution in [0.1, 0.15) is 5.56 Å². The Hall–Kier alpha value is -1.71. The van der Waals surface area contributed by atoms with E-state index in [9.17, 15) is 4.79 Å². The molecule has 0 saturated heterocycles. The van der Waals surface area contributed by atoms with Crippen LogP contribution in [0.2, 0.25) is 0 Å². The van der Waals surface area contributed by atoms with E-state index in [4.69, 9.17) is 10.8 Å². The molecule has 1 rings (SSSR count). The van der Waals surface area contributed by atoms with Gasteiger partial charge in [0.05, 0.1) is 0 Å². The minimum absolute atomic E-state index is 0.0930. The average molecular weight is 180 g/mol. The Kier molecular flexibility index (Phi) is 2.74. The molecule has 13 heavy (non-hydrogen) atoms. The fourth-order valence-electron chi connectivity index (χ4n) is 1.00. The number of carboxylic acid groups (broad SMARTS) is 1. The molecule has 0 bridgehead atoms. The number of nitrogen functional groups attached to an aromatic ring is 1. The highest BCUT2D eigenvalue weighted by molar-refractivity contribution is 5.74. The Morgan fingerprint density at radius 1 is 1.62 bits per heavy atom. The van der Waals surface area contributed by atoms with E-state index in [1.54, 1.807) is 12.1 Å². The summed E-state index contributed by atoms with van der Waals surface area (Å²) < 4.78 is 0. The van der Waals surface area contributed by atoms with Crippen molar-refractivity contribution in [1.29, 1.82) is 0 Å². The molecule has 70 valence electrons. The van der Waals surface area contributed by atoms with Crippen molar-refractivity contribution >= 4 is 17.3 Å². The van der Waals surface area contributed by atoms with Gasteiger partial charge in [-0.3, -0.25) is 4.79 Å². The van der Waals surface area contributed by atoms with Crippen molar-refractivity contribution in [1.82, 2.24) is 0 Å². The minimum Gasteiger partial charge on any atom is -0.480 e. The third-order valence-electron chi connectivity index (χ3n) is 1.69. The van der Waals surface area contributed by atoms with Crippen molar-refractivity contribution in [2.45, 2.75) is 6.92 Å². The molecule has 1 aromatic rings. The first-order chi connectivity index (χ1) is 6.09. The van der Waals surface area contributed by atoms with Crippen molar-refractivity contribution in [3.63, 3.8) is 0 Å². The maximum absolute atomic E-state index is 10.3. The van der Waals surface area contributed by atoms with E-state index in [1.165, 1.54) is 0 Å². The Morgan fingerprint density at radius 2 is 2.31 bits per heavy atom. The zero-order valence-electron chi connectivity index (χ0n) is 7.37. The number of anilines is 2. The molecule has 0 aromatic heterocycles. The normalized spacial score (nSPS) is 9.62. The minimum atomic E-state index is -0.887. The van der Waals surface area contributed by atoms with E-state index in [1.807, 2.05) is 13.0 Å². The SMILES string of the molecule is Cc1ccc(N)cc1NCC(=O)O. The largest absolute Gasteiger partial charge is 0.480 e. The Bertz CT molecular complexity index is 323. The summed E-state index contributed by atoms with van der Waals surface area (Å²) in [5.74, 6) is -0.887. The number of hydrogen-bond acceptors (Lipinski definition) is 3. The molecular weight excluding hydrogens is 168 g/mol. The van der Waals surface area contributed by atoms with Gasteiger partial charge in [-0.15, -0.1) is 0 Å². The summed E-state index contributed by atoms with van der Waals surface area (Å²) in [5, 5.41) is 11.2. The summed E-state index contributed by atoms with van der Waals surface area (Å²) in [6.45, 7) is 1.80. The fourth-order valence-corrected chi connectivity index (χ4v) is 1.00. The van der Waals surface area contributed by atoms with Crippen LogP contribution in [0.5, 0.6) is 0 Å². The lowest BCUT2D eigenvalue weighted by Crippen LogP contribution is -2.13. The van der Waals surface area contributed by atoms with Gasteiger partial charge in [0.15, 0.2) is 0 Å². The van der Waals surface area contributed by atoms with E-state index < -0.39 is 5.97 Å². The maximum Gasteiger partial charge on any atom is 0.322 e. The van der Waals surface area contributed by atoms with Crippen LogP contribution in [0.3, 0.4) is 0 Å². The van der Waals surface area contributed by atoms with Crippen molar-refractivity contribution in [2.24, 2.45) is 0 Å². The zero-order chi connectivity index (χ0) is 9.84. The number of nitrogens with two attached hydrogens (primary N) is 1. The van der Waals surface area contributed by atoms with E-state index >= 15 is 0 Å². The predicted molar refractivity (Wildman–Crippen MR) is 51.7 cm³/mol. The zero-order valence-corrected chi connectivity index (χ0v) is 7.37. The fraction of sp³-hybridized carbons (Fsp3) is 0.222. The monoisotopic (exact) mass is 180 g/mol. The molecule has 0 fully saturated rings. The third kappa shape index (κ3) is 2.66. The number of nitrogens with one attached hydrogen (secondary N) is 1. The second-order valence-corrected chi connectivity index (χ2v) is 2.82. The highest BCUT2D eigenvalue weighted by Crippen LogP contribution is 2.17. The van der Waals surface area contributed by atoms with Gasteiger partial charge in [0.25, 0.3) is 0 Å². The number of carbonyl (C=O) groups is 1. The molecule has 1 aromatic carbocycles. The maximum atomic E-state index is 10.3. The van der Waals surface area contributed by atoms with Crippen molar-refractivity contribution in [3.8, 4) is 0 Å². The molecule has 4 N–H and O–H groups in total. The van der Waals surface area contributed by atoms with Gasteiger partial charge in [0, 0.05) is 11.4 Å². The highest BCUT2D eigenvalue weighted by Gasteiger charge is 2.00. The van der Waals surface area contributed by atoms with Crippen LogP contribution >= 0.6 is 0 Å². The molecule has 0 spiro atoms. The number of hydrogen-bond donors (Lipinski definition) is 3. The van der Waals surface area contributed by atoms with Gasteiger partial charge in [-0.25, -0.2) is 0 Å². The number of aliphatic carboxylic acids is 1. The quantitative estimate of drug-likeness (QED) is 0.608. The second-order valence-electron chi connectivity index (χ2n) is 2.82. The first kappa shape index (κ1) is 9.38. The van der Waals surface area contributed by atoms with Crippen molar-refractivity contribution in [3.05, 3.63) is 23.8 Å². The molecule has 0 aliphatic heterocycles. The summed E-state index contributed by atoms with van der Waals surface area (Å²) in [6, 6.07) is 5.35. The van der Waals surface area contributed by atoms with E-state index in [2.05, 4.69) is 5.32 Å². The summed E-state index contributed by atoms with van der Waals surface area (Å²) in [4.78, 5) is 10.3. The van der Waals surface area contributed by atoms with Gasteiger partial charge in [-0.1, -0.05) is 6.07 Å². The Morgan fingerprint density at radius 3 is 2.92 bits per heavy atom. The van der Waals surface area contributed by atoms with Gasteiger partial charge >= 0.3 is 5.97 Å². The van der Waals surface area contributed by atoms with Crippen LogP contribution in [-0.2, 0) is 4.79 Å². The summed E-state index contributed by atoms with van der Waals surface area (Å²) >= 11 is 0. The first-order valence-electron chi connectivity index (χ1n) is 3.91. The molecule has 0 heterocycles. The van der Waals surface area contributed by atoms with E-state index in [0.717, 1.165) is 11.3 Å². The van der Waals surface area contributed by atoms with Gasteiger partial charge < -0.3 is 16.2 Å². The van der Waals surface area contributed by atoms with Crippen LogP contribution < -0.4 is 11.1 Å². The molecule has 0 aliphatic carbocycles. The standard InChI is InChI=1S/C9H12N2O2/c1-6-2-3-7(10)4-8(6)11-5-9(12)13/h2-4,11H,5,10H2,1H3,(H,12,13). The third-order valence-corrected chi connectivity index (χ3v) is 1.69. The molecular formula is C9H12N2O2. The second kappa shape index (κ2) is 3.80. The molecule has 0 amide bonds. The van der Waals surface area contributed by atoms with Crippen LogP contribution in [-0.4, -0.2) is 17.6 Å². The lowest BCUT2D eigenvalue weighted by molar-refractivity contribution is -0.134. The molecule has 0 aliphatic rings. The number of benzene rings is 1. The Balaban J connectivity index is 2.75. The molecule has 0 saturated carbocycles. The summed E-state index contributed by atoms with van der Waals surface area (Å²) in [6.07, 6.45) is 0. The lowest BCUT2D eigenvalue weighted by atomic mass is 10.2. The van der Waals surface area contributed by atoms with Gasteiger partial charge in [0.2, 0.25) is 0 Å². The predicted octanol–water partition coefficient (Wildman–Crippen LogP) is 1.07. The van der Waals surface area contributed by atoms with Crippen LogP contribution in [0.15, 0.2) is 18.2 Å². The first-order valence-corrected chi connectivity index (χ1v) is 3.91. The number of carboxylic acids is 1. The molecule has 0 radical (unpaired) electrons. The highest BCUT2D eigenvalue weighted by atomic mass is 16.4. The average Bonchev–Trinajstić information content (AvgIpc) is 2.06. The number of rotatable bonds is 3. The molecule has 0 atom stereocenters. The Labute approximate surface area is 76.4 Å². The van der Waals surface area contributed by atoms with Gasteiger partial charge in [0.1, 0.15) is 6.54 Å².